The number of hydrogen-bond acceptors (Lipinski definition) is 3. The zero-order chi connectivity index (χ0) is 19.7. The molecule has 0 saturated heterocycles. The van der Waals surface area contributed by atoms with Crippen LogP contribution in [0.1, 0.15) is 32.0 Å². The Morgan fingerprint density at radius 3 is 2.33 bits per heavy atom. The van der Waals surface area contributed by atoms with Gasteiger partial charge in [0.1, 0.15) is 12.1 Å². The van der Waals surface area contributed by atoms with Crippen molar-refractivity contribution in [3.05, 3.63) is 91.3 Å². The molecule has 3 rings (SSSR count). The summed E-state index contributed by atoms with van der Waals surface area (Å²) in [5, 5.41) is 0.564. The van der Waals surface area contributed by atoms with Gasteiger partial charge in [0.05, 0.1) is 5.02 Å². The van der Waals surface area contributed by atoms with Crippen LogP contribution in [0.3, 0.4) is 0 Å². The Labute approximate surface area is 165 Å². The van der Waals surface area contributed by atoms with Crippen LogP contribution in [0.2, 0.25) is 10.0 Å². The van der Waals surface area contributed by atoms with Crippen LogP contribution in [-0.2, 0) is 13.6 Å². The van der Waals surface area contributed by atoms with Crippen molar-refractivity contribution in [2.45, 2.75) is 13.5 Å². The van der Waals surface area contributed by atoms with E-state index >= 15 is 0 Å². The zero-order valence-electron chi connectivity index (χ0n) is 14.7. The minimum atomic E-state index is -0.499. The highest BCUT2D eigenvalue weighted by atomic mass is 35.5. The van der Waals surface area contributed by atoms with Crippen LogP contribution >= 0.6 is 23.2 Å². The lowest BCUT2D eigenvalue weighted by Gasteiger charge is -2.09. The van der Waals surface area contributed by atoms with Gasteiger partial charge in [-0.15, -0.1) is 0 Å². The average molecular weight is 403 g/mol. The molecular weight excluding hydrogens is 387 g/mol. The van der Waals surface area contributed by atoms with Crippen molar-refractivity contribution in [3.63, 3.8) is 0 Å². The fourth-order valence-electron chi connectivity index (χ4n) is 2.93. The molecule has 3 aromatic rings. The maximum absolute atomic E-state index is 12.9. The van der Waals surface area contributed by atoms with Crippen molar-refractivity contribution < 1.29 is 9.59 Å². The van der Waals surface area contributed by atoms with Gasteiger partial charge < -0.3 is 0 Å². The van der Waals surface area contributed by atoms with Gasteiger partial charge in [0, 0.05) is 28.9 Å². The smallest absolute Gasteiger partial charge is 0.277 e. The maximum atomic E-state index is 12.9. The summed E-state index contributed by atoms with van der Waals surface area (Å²) >= 11 is 12.0. The lowest BCUT2D eigenvalue weighted by molar-refractivity contribution is 0.0959. The Bertz CT molecular complexity index is 1100. The molecule has 138 valence electrons. The SMILES string of the molecule is Cc1c(C(=O)c2ccc(Cl)cc2Cl)c(=O)n(C)n1CC(=O)c1ccccc1. The number of Topliss-reactive ketones (excluding diaryl/α,β-unsaturated/α-hetero) is 1. The number of rotatable bonds is 5. The van der Waals surface area contributed by atoms with E-state index in [1.807, 2.05) is 6.07 Å². The van der Waals surface area contributed by atoms with E-state index in [-0.39, 0.29) is 28.5 Å². The Hall–Kier alpha value is -2.63. The Morgan fingerprint density at radius 1 is 1.04 bits per heavy atom. The molecule has 1 aromatic heterocycles. The molecule has 0 unspecified atom stereocenters. The molecule has 0 aliphatic rings. The molecule has 1 heterocycles. The molecule has 27 heavy (non-hydrogen) atoms. The molecule has 0 aliphatic carbocycles. The number of halogens is 2. The van der Waals surface area contributed by atoms with Crippen molar-refractivity contribution in [2.75, 3.05) is 0 Å². The van der Waals surface area contributed by atoms with E-state index in [9.17, 15) is 14.4 Å². The summed E-state index contributed by atoms with van der Waals surface area (Å²) in [6.45, 7) is 1.58. The number of carbonyl (C=O) groups is 2. The molecule has 0 N–H and O–H groups in total. The van der Waals surface area contributed by atoms with Crippen LogP contribution in [-0.4, -0.2) is 20.9 Å². The van der Waals surface area contributed by atoms with Crippen LogP contribution in [0.25, 0.3) is 0 Å². The number of hydrogen-bond donors (Lipinski definition) is 0. The average Bonchev–Trinajstić information content (AvgIpc) is 2.85. The van der Waals surface area contributed by atoms with Crippen LogP contribution in [0.15, 0.2) is 53.3 Å². The van der Waals surface area contributed by atoms with Gasteiger partial charge in [0.2, 0.25) is 5.78 Å². The summed E-state index contributed by atoms with van der Waals surface area (Å²) in [5.74, 6) is -0.659. The Morgan fingerprint density at radius 2 is 1.70 bits per heavy atom. The standard InChI is InChI=1S/C20H16Cl2N2O3/c1-12-18(19(26)15-9-8-14(21)10-16(15)22)20(27)23(2)24(12)11-17(25)13-6-4-3-5-7-13/h3-10H,11H2,1-2H3. The summed E-state index contributed by atoms with van der Waals surface area (Å²) in [6.07, 6.45) is 0. The third-order valence-electron chi connectivity index (χ3n) is 4.41. The topological polar surface area (TPSA) is 61.1 Å². The van der Waals surface area contributed by atoms with Gasteiger partial charge in [-0.25, -0.2) is 0 Å². The van der Waals surface area contributed by atoms with E-state index in [1.165, 1.54) is 34.6 Å². The quantitative estimate of drug-likeness (QED) is 0.607. The minimum Gasteiger partial charge on any atom is -0.292 e. The minimum absolute atomic E-state index is 0.0115. The van der Waals surface area contributed by atoms with Gasteiger partial charge in [0.25, 0.3) is 5.56 Å². The fourth-order valence-corrected chi connectivity index (χ4v) is 3.42. The monoisotopic (exact) mass is 402 g/mol. The van der Waals surface area contributed by atoms with E-state index in [0.717, 1.165) is 0 Å². The highest BCUT2D eigenvalue weighted by Crippen LogP contribution is 2.24. The molecule has 0 saturated carbocycles. The van der Waals surface area contributed by atoms with Crippen LogP contribution in [0.4, 0.5) is 0 Å². The van der Waals surface area contributed by atoms with E-state index in [0.29, 0.717) is 16.3 Å². The Balaban J connectivity index is 2.02. The summed E-state index contributed by atoms with van der Waals surface area (Å²) < 4.78 is 2.77. The third kappa shape index (κ3) is 3.61. The number of ketones is 2. The molecule has 0 spiro atoms. The summed E-state index contributed by atoms with van der Waals surface area (Å²) in [7, 11) is 1.52. The number of nitrogens with zero attached hydrogens (tertiary/aromatic N) is 2. The van der Waals surface area contributed by atoms with Crippen LogP contribution < -0.4 is 5.56 Å². The third-order valence-corrected chi connectivity index (χ3v) is 4.96. The number of carbonyl (C=O) groups excluding carboxylic acids is 2. The highest BCUT2D eigenvalue weighted by Gasteiger charge is 2.25. The van der Waals surface area contributed by atoms with Gasteiger partial charge in [-0.05, 0) is 25.1 Å². The Kier molecular flexibility index (Phi) is 5.35. The maximum Gasteiger partial charge on any atom is 0.277 e. The molecule has 0 atom stereocenters. The summed E-state index contributed by atoms with van der Waals surface area (Å²) in [5.41, 5.74) is 0.634. The molecule has 2 aromatic carbocycles. The fraction of sp³-hybridized carbons (Fsp3) is 0.150. The van der Waals surface area contributed by atoms with Crippen molar-refractivity contribution in [3.8, 4) is 0 Å². The predicted molar refractivity (Wildman–Crippen MR) is 105 cm³/mol. The molecular formula is C20H16Cl2N2O3. The van der Waals surface area contributed by atoms with Gasteiger partial charge in [-0.2, -0.15) is 0 Å². The van der Waals surface area contributed by atoms with E-state index in [2.05, 4.69) is 0 Å². The van der Waals surface area contributed by atoms with Gasteiger partial charge in [-0.3, -0.25) is 23.7 Å². The zero-order valence-corrected chi connectivity index (χ0v) is 16.2. The van der Waals surface area contributed by atoms with Crippen LogP contribution in [0.5, 0.6) is 0 Å². The summed E-state index contributed by atoms with van der Waals surface area (Å²) in [4.78, 5) is 38.1. The molecule has 0 radical (unpaired) electrons. The first-order valence-corrected chi connectivity index (χ1v) is 8.91. The van der Waals surface area contributed by atoms with Crippen molar-refractivity contribution in [1.29, 1.82) is 0 Å². The number of aromatic nitrogens is 2. The van der Waals surface area contributed by atoms with Crippen molar-refractivity contribution >= 4 is 34.8 Å². The van der Waals surface area contributed by atoms with Crippen molar-refractivity contribution in [1.82, 2.24) is 9.36 Å². The lowest BCUT2D eigenvalue weighted by atomic mass is 10.0. The first-order chi connectivity index (χ1) is 12.8. The second-order valence-electron chi connectivity index (χ2n) is 6.09. The molecule has 0 bridgehead atoms. The van der Waals surface area contributed by atoms with Gasteiger partial charge in [-0.1, -0.05) is 53.5 Å². The normalized spacial score (nSPS) is 10.8. The van der Waals surface area contributed by atoms with E-state index < -0.39 is 11.3 Å². The van der Waals surface area contributed by atoms with Crippen LogP contribution in [0, 0.1) is 6.92 Å². The highest BCUT2D eigenvalue weighted by molar-refractivity contribution is 6.37. The van der Waals surface area contributed by atoms with Gasteiger partial charge >= 0.3 is 0 Å². The second kappa shape index (κ2) is 7.55. The number of benzene rings is 2. The lowest BCUT2D eigenvalue weighted by Crippen LogP contribution is -2.24. The second-order valence-corrected chi connectivity index (χ2v) is 6.93. The largest absolute Gasteiger partial charge is 0.292 e. The van der Waals surface area contributed by atoms with E-state index in [1.54, 1.807) is 31.2 Å². The first-order valence-electron chi connectivity index (χ1n) is 8.15. The molecule has 0 amide bonds. The van der Waals surface area contributed by atoms with E-state index in [4.69, 9.17) is 23.2 Å². The molecule has 5 nitrogen and oxygen atoms in total. The van der Waals surface area contributed by atoms with Gasteiger partial charge in [0.15, 0.2) is 5.78 Å². The summed E-state index contributed by atoms with van der Waals surface area (Å²) in [6, 6.07) is 13.2. The molecule has 0 aliphatic heterocycles. The molecule has 0 fully saturated rings. The van der Waals surface area contributed by atoms with Crippen molar-refractivity contribution in [2.24, 2.45) is 7.05 Å². The molecule has 7 heteroatoms. The predicted octanol–water partition coefficient (Wildman–Crippen LogP) is 3.92. The first kappa shape index (κ1) is 19.1.